The van der Waals surface area contributed by atoms with E-state index in [1.54, 1.807) is 42.5 Å². The second-order valence-electron chi connectivity index (χ2n) is 8.29. The highest BCUT2D eigenvalue weighted by Gasteiger charge is 2.35. The Morgan fingerprint density at radius 2 is 1.94 bits per heavy atom. The van der Waals surface area contributed by atoms with Gasteiger partial charge in [0.05, 0.1) is 18.8 Å². The first-order valence-electron chi connectivity index (χ1n) is 11.2. The summed E-state index contributed by atoms with van der Waals surface area (Å²) >= 11 is 0. The first-order valence-corrected chi connectivity index (χ1v) is 12.8. The van der Waals surface area contributed by atoms with Crippen molar-refractivity contribution >= 4 is 33.3 Å². The van der Waals surface area contributed by atoms with Gasteiger partial charge in [-0.3, -0.25) is 9.59 Å². The zero-order chi connectivity index (χ0) is 24.1. The number of nitrogens with one attached hydrogen (secondary N) is 1. The molecule has 1 unspecified atom stereocenters. The fourth-order valence-corrected chi connectivity index (χ4v) is 5.56. The van der Waals surface area contributed by atoms with Crippen LogP contribution in [0.1, 0.15) is 6.42 Å². The van der Waals surface area contributed by atoms with Crippen LogP contribution in [0.3, 0.4) is 0 Å². The average Bonchev–Trinajstić information content (AvgIpc) is 3.26. The van der Waals surface area contributed by atoms with E-state index in [0.717, 1.165) is 5.82 Å². The van der Waals surface area contributed by atoms with Gasteiger partial charge < -0.3 is 19.9 Å². The minimum atomic E-state index is -3.50. The van der Waals surface area contributed by atoms with E-state index < -0.39 is 15.9 Å². The molecule has 2 aromatic rings. The van der Waals surface area contributed by atoms with Crippen molar-refractivity contribution in [2.24, 2.45) is 5.92 Å². The van der Waals surface area contributed by atoms with Crippen molar-refractivity contribution < 1.29 is 22.7 Å². The number of methoxy groups -OCH3 is 1. The van der Waals surface area contributed by atoms with Gasteiger partial charge in [-0.1, -0.05) is 12.1 Å². The number of pyridine rings is 1. The third-order valence-electron chi connectivity index (χ3n) is 6.13. The number of anilines is 2. The van der Waals surface area contributed by atoms with Crippen molar-refractivity contribution in [1.82, 2.24) is 14.6 Å². The van der Waals surface area contributed by atoms with Crippen LogP contribution in [0.15, 0.2) is 48.7 Å². The zero-order valence-electron chi connectivity index (χ0n) is 19.1. The molecular formula is C23H29N5O5S. The highest BCUT2D eigenvalue weighted by molar-refractivity contribution is 7.89. The molecule has 2 saturated heterocycles. The monoisotopic (exact) mass is 487 g/mol. The summed E-state index contributed by atoms with van der Waals surface area (Å²) in [5.74, 6) is 0.303. The van der Waals surface area contributed by atoms with Crippen molar-refractivity contribution in [3.8, 4) is 5.75 Å². The van der Waals surface area contributed by atoms with E-state index in [-0.39, 0.29) is 37.1 Å². The van der Waals surface area contributed by atoms with Gasteiger partial charge in [-0.25, -0.2) is 13.4 Å². The molecule has 0 bridgehead atoms. The second kappa shape index (κ2) is 10.4. The number of hydrogen-bond acceptors (Lipinski definition) is 7. The molecule has 1 N–H and O–H groups in total. The van der Waals surface area contributed by atoms with Gasteiger partial charge in [0.25, 0.3) is 0 Å². The summed E-state index contributed by atoms with van der Waals surface area (Å²) in [4.78, 5) is 33.0. The van der Waals surface area contributed by atoms with Crippen LogP contribution in [0.2, 0.25) is 0 Å². The third-order valence-corrected chi connectivity index (χ3v) is 8.00. The van der Waals surface area contributed by atoms with Crippen LogP contribution < -0.4 is 19.9 Å². The molecule has 0 saturated carbocycles. The highest BCUT2D eigenvalue weighted by atomic mass is 32.2. The van der Waals surface area contributed by atoms with Crippen molar-refractivity contribution in [1.29, 1.82) is 0 Å². The first-order chi connectivity index (χ1) is 16.4. The van der Waals surface area contributed by atoms with Gasteiger partial charge in [0, 0.05) is 63.6 Å². The van der Waals surface area contributed by atoms with E-state index in [1.165, 1.54) is 4.31 Å². The molecule has 1 aromatic carbocycles. The van der Waals surface area contributed by atoms with Crippen LogP contribution >= 0.6 is 0 Å². The van der Waals surface area contributed by atoms with Crippen molar-refractivity contribution in [3.63, 3.8) is 0 Å². The first kappa shape index (κ1) is 24.0. The van der Waals surface area contributed by atoms with Crippen LogP contribution in [-0.4, -0.2) is 81.7 Å². The van der Waals surface area contributed by atoms with Gasteiger partial charge in [0.15, 0.2) is 0 Å². The summed E-state index contributed by atoms with van der Waals surface area (Å²) in [7, 11) is -1.95. The second-order valence-corrected chi connectivity index (χ2v) is 10.4. The van der Waals surface area contributed by atoms with Gasteiger partial charge in [-0.05, 0) is 24.3 Å². The van der Waals surface area contributed by atoms with E-state index in [2.05, 4.69) is 15.2 Å². The lowest BCUT2D eigenvalue weighted by molar-refractivity contribution is -0.126. The molecule has 1 atom stereocenters. The van der Waals surface area contributed by atoms with E-state index >= 15 is 0 Å². The fourth-order valence-electron chi connectivity index (χ4n) is 4.22. The molecule has 2 fully saturated rings. The number of hydrogen-bond donors (Lipinski definition) is 1. The van der Waals surface area contributed by atoms with Crippen LogP contribution in [0, 0.1) is 5.92 Å². The van der Waals surface area contributed by atoms with E-state index in [4.69, 9.17) is 4.74 Å². The van der Waals surface area contributed by atoms with Crippen molar-refractivity contribution in [2.45, 2.75) is 6.42 Å². The largest absolute Gasteiger partial charge is 0.497 e. The molecule has 0 radical (unpaired) electrons. The molecular weight excluding hydrogens is 458 g/mol. The van der Waals surface area contributed by atoms with Gasteiger partial charge in [0.1, 0.15) is 11.6 Å². The average molecular weight is 488 g/mol. The van der Waals surface area contributed by atoms with Crippen LogP contribution in [0.4, 0.5) is 11.5 Å². The predicted molar refractivity (Wildman–Crippen MR) is 128 cm³/mol. The number of benzene rings is 1. The number of carbonyl (C=O) groups is 2. The normalized spacial score (nSPS) is 19.3. The Morgan fingerprint density at radius 1 is 1.15 bits per heavy atom. The number of rotatable bonds is 8. The Balaban J connectivity index is 1.24. The third kappa shape index (κ3) is 5.48. The minimum absolute atomic E-state index is 0.00543. The molecule has 2 amide bonds. The number of sulfonamides is 1. The van der Waals surface area contributed by atoms with Crippen LogP contribution in [-0.2, 0) is 19.6 Å². The van der Waals surface area contributed by atoms with E-state index in [0.29, 0.717) is 37.6 Å². The van der Waals surface area contributed by atoms with Crippen LogP contribution in [0.25, 0.3) is 0 Å². The number of carbonyl (C=O) groups excluding carboxylic acids is 2. The maximum Gasteiger partial charge on any atom is 0.227 e. The van der Waals surface area contributed by atoms with Crippen molar-refractivity contribution in [2.75, 3.05) is 61.9 Å². The number of nitrogens with zero attached hydrogens (tertiary/aromatic N) is 4. The molecule has 182 valence electrons. The maximum absolute atomic E-state index is 12.7. The number of amides is 2. The smallest absolute Gasteiger partial charge is 0.227 e. The molecule has 4 rings (SSSR count). The molecule has 1 aromatic heterocycles. The Kier molecular flexibility index (Phi) is 7.32. The molecule has 0 spiro atoms. The lowest BCUT2D eigenvalue weighted by atomic mass is 10.1. The zero-order valence-corrected chi connectivity index (χ0v) is 19.9. The predicted octanol–water partition coefficient (Wildman–Crippen LogP) is 0.711. The molecule has 10 nitrogen and oxygen atoms in total. The van der Waals surface area contributed by atoms with Crippen LogP contribution in [0.5, 0.6) is 5.75 Å². The Morgan fingerprint density at radius 3 is 2.65 bits per heavy atom. The van der Waals surface area contributed by atoms with Gasteiger partial charge in [-0.15, -0.1) is 0 Å². The summed E-state index contributed by atoms with van der Waals surface area (Å²) in [5.41, 5.74) is 0.673. The number of ether oxygens (including phenoxy) is 1. The Bertz CT molecular complexity index is 1120. The van der Waals surface area contributed by atoms with Gasteiger partial charge in [-0.2, -0.15) is 4.31 Å². The summed E-state index contributed by atoms with van der Waals surface area (Å²) in [5, 5.41) is 2.70. The lowest BCUT2D eigenvalue weighted by Crippen LogP contribution is -2.50. The van der Waals surface area contributed by atoms with Crippen molar-refractivity contribution in [3.05, 3.63) is 48.7 Å². The maximum atomic E-state index is 12.7. The Hall–Kier alpha value is -3.18. The van der Waals surface area contributed by atoms with E-state index in [1.807, 2.05) is 18.2 Å². The highest BCUT2D eigenvalue weighted by Crippen LogP contribution is 2.28. The summed E-state index contributed by atoms with van der Waals surface area (Å²) in [6.07, 6.45) is 1.81. The Labute approximate surface area is 199 Å². The molecule has 0 aliphatic carbocycles. The number of piperazine rings is 1. The molecule has 2 aliphatic heterocycles. The molecule has 11 heteroatoms. The lowest BCUT2D eigenvalue weighted by Gasteiger charge is -2.34. The SMILES string of the molecule is COc1cccc(N2CC(C(=O)NCCS(=O)(=O)N3CCN(c4ccccn4)CC3)CC2=O)c1. The standard InChI is InChI=1S/C23H29N5O5S/c1-33-20-6-4-5-19(16-20)28-17-18(15-22(28)29)23(30)25-9-14-34(31,32)27-12-10-26(11-13-27)21-7-2-3-8-24-21/h2-8,16,18H,9-15,17H2,1H3,(H,25,30). The molecule has 2 aliphatic rings. The summed E-state index contributed by atoms with van der Waals surface area (Å²) in [6, 6.07) is 12.8. The topological polar surface area (TPSA) is 112 Å². The molecule has 3 heterocycles. The quantitative estimate of drug-likeness (QED) is 0.584. The van der Waals surface area contributed by atoms with E-state index in [9.17, 15) is 18.0 Å². The fraction of sp³-hybridized carbons (Fsp3) is 0.435. The summed E-state index contributed by atoms with van der Waals surface area (Å²) in [6.45, 7) is 2.13. The van der Waals surface area contributed by atoms with Gasteiger partial charge in [0.2, 0.25) is 21.8 Å². The molecule has 34 heavy (non-hydrogen) atoms. The number of aromatic nitrogens is 1. The minimum Gasteiger partial charge on any atom is -0.497 e. The van der Waals surface area contributed by atoms with Gasteiger partial charge >= 0.3 is 0 Å². The summed E-state index contributed by atoms with van der Waals surface area (Å²) < 4.78 is 32.2.